The summed E-state index contributed by atoms with van der Waals surface area (Å²) in [5.74, 6) is 1.14. The van der Waals surface area contributed by atoms with Gasteiger partial charge in [-0.25, -0.2) is 0 Å². The van der Waals surface area contributed by atoms with Gasteiger partial charge in [-0.2, -0.15) is 0 Å². The Balaban J connectivity index is 2.79. The maximum Gasteiger partial charge on any atom is 0.0378 e. The standard InChI is InChI=1S/C16H28N2/c1-12(2)13(10-17)11-18-15-9-7-6-8-14(15)16(3,4)5/h6-9,12-13,18H,10-11,17H2,1-5H3. The molecule has 0 aliphatic rings. The molecule has 0 radical (unpaired) electrons. The van der Waals surface area contributed by atoms with Crippen LogP contribution in [0, 0.1) is 11.8 Å². The number of nitrogens with one attached hydrogen (secondary N) is 1. The van der Waals surface area contributed by atoms with Crippen LogP contribution in [0.5, 0.6) is 0 Å². The molecule has 3 N–H and O–H groups in total. The summed E-state index contributed by atoms with van der Waals surface area (Å²) in [6.45, 7) is 12.9. The van der Waals surface area contributed by atoms with Crippen LogP contribution in [-0.4, -0.2) is 13.1 Å². The lowest BCUT2D eigenvalue weighted by Gasteiger charge is -2.26. The molecule has 2 heteroatoms. The lowest BCUT2D eigenvalue weighted by molar-refractivity contribution is 0.413. The van der Waals surface area contributed by atoms with Gasteiger partial charge in [-0.15, -0.1) is 0 Å². The van der Waals surface area contributed by atoms with Crippen LogP contribution < -0.4 is 11.1 Å². The Kier molecular flexibility index (Phi) is 5.21. The molecule has 1 aromatic rings. The SMILES string of the molecule is CC(C)C(CN)CNc1ccccc1C(C)(C)C. The van der Waals surface area contributed by atoms with Gasteiger partial charge >= 0.3 is 0 Å². The van der Waals surface area contributed by atoms with E-state index >= 15 is 0 Å². The van der Waals surface area contributed by atoms with E-state index in [4.69, 9.17) is 5.73 Å². The van der Waals surface area contributed by atoms with Gasteiger partial charge in [-0.05, 0) is 35.4 Å². The van der Waals surface area contributed by atoms with E-state index in [1.807, 2.05) is 0 Å². The maximum atomic E-state index is 5.82. The van der Waals surface area contributed by atoms with Crippen LogP contribution in [0.3, 0.4) is 0 Å². The molecule has 0 saturated carbocycles. The Morgan fingerprint density at radius 2 is 1.78 bits per heavy atom. The van der Waals surface area contributed by atoms with Crippen molar-refractivity contribution in [2.45, 2.75) is 40.0 Å². The zero-order valence-electron chi connectivity index (χ0n) is 12.5. The van der Waals surface area contributed by atoms with Crippen molar-refractivity contribution in [3.8, 4) is 0 Å². The first-order chi connectivity index (χ1) is 8.36. The van der Waals surface area contributed by atoms with E-state index in [2.05, 4.69) is 64.2 Å². The Bertz CT molecular complexity index is 364. The maximum absolute atomic E-state index is 5.82. The number of para-hydroxylation sites is 1. The zero-order chi connectivity index (χ0) is 13.8. The monoisotopic (exact) mass is 248 g/mol. The molecule has 0 heterocycles. The zero-order valence-corrected chi connectivity index (χ0v) is 12.5. The van der Waals surface area contributed by atoms with Gasteiger partial charge in [0.15, 0.2) is 0 Å². The summed E-state index contributed by atoms with van der Waals surface area (Å²) >= 11 is 0. The van der Waals surface area contributed by atoms with Crippen molar-refractivity contribution in [1.82, 2.24) is 0 Å². The molecule has 0 bridgehead atoms. The molecule has 1 unspecified atom stereocenters. The molecule has 102 valence electrons. The van der Waals surface area contributed by atoms with Gasteiger partial charge in [0.1, 0.15) is 0 Å². The van der Waals surface area contributed by atoms with E-state index in [0.29, 0.717) is 11.8 Å². The van der Waals surface area contributed by atoms with Gasteiger partial charge in [0.25, 0.3) is 0 Å². The minimum atomic E-state index is 0.166. The van der Waals surface area contributed by atoms with Gasteiger partial charge in [0.05, 0.1) is 0 Å². The van der Waals surface area contributed by atoms with Crippen LogP contribution >= 0.6 is 0 Å². The second-order valence-electron chi connectivity index (χ2n) is 6.42. The highest BCUT2D eigenvalue weighted by atomic mass is 14.9. The van der Waals surface area contributed by atoms with Gasteiger partial charge in [-0.1, -0.05) is 52.8 Å². The number of anilines is 1. The number of hydrogen-bond acceptors (Lipinski definition) is 2. The van der Waals surface area contributed by atoms with Gasteiger partial charge in [0.2, 0.25) is 0 Å². The second-order valence-corrected chi connectivity index (χ2v) is 6.42. The van der Waals surface area contributed by atoms with E-state index in [-0.39, 0.29) is 5.41 Å². The molecule has 1 aromatic carbocycles. The molecular weight excluding hydrogens is 220 g/mol. The van der Waals surface area contributed by atoms with Crippen molar-refractivity contribution in [3.63, 3.8) is 0 Å². The van der Waals surface area contributed by atoms with Crippen molar-refractivity contribution in [3.05, 3.63) is 29.8 Å². The molecule has 0 spiro atoms. The molecule has 0 aliphatic carbocycles. The van der Waals surface area contributed by atoms with Gasteiger partial charge < -0.3 is 11.1 Å². The quantitative estimate of drug-likeness (QED) is 0.835. The third-order valence-electron chi connectivity index (χ3n) is 3.54. The Morgan fingerprint density at radius 3 is 2.28 bits per heavy atom. The predicted octanol–water partition coefficient (Wildman–Crippen LogP) is 3.63. The summed E-state index contributed by atoms with van der Waals surface area (Å²) in [5, 5.41) is 3.57. The molecule has 0 saturated heterocycles. The van der Waals surface area contributed by atoms with Crippen LogP contribution in [0.4, 0.5) is 5.69 Å². The van der Waals surface area contributed by atoms with Crippen LogP contribution in [0.15, 0.2) is 24.3 Å². The average molecular weight is 248 g/mol. The van der Waals surface area contributed by atoms with E-state index in [9.17, 15) is 0 Å². The Labute approximate surface area is 112 Å². The fraction of sp³-hybridized carbons (Fsp3) is 0.625. The first kappa shape index (κ1) is 15.0. The van der Waals surface area contributed by atoms with E-state index in [1.54, 1.807) is 0 Å². The summed E-state index contributed by atoms with van der Waals surface area (Å²) < 4.78 is 0. The summed E-state index contributed by atoms with van der Waals surface area (Å²) in [6, 6.07) is 8.56. The van der Waals surface area contributed by atoms with Crippen molar-refractivity contribution >= 4 is 5.69 Å². The summed E-state index contributed by atoms with van der Waals surface area (Å²) in [7, 11) is 0. The number of nitrogens with two attached hydrogens (primary N) is 1. The molecule has 1 rings (SSSR count). The number of rotatable bonds is 5. The molecule has 0 aromatic heterocycles. The molecule has 0 aliphatic heterocycles. The Hall–Kier alpha value is -1.02. The van der Waals surface area contributed by atoms with Crippen molar-refractivity contribution in [2.75, 3.05) is 18.4 Å². The third-order valence-corrected chi connectivity index (χ3v) is 3.54. The van der Waals surface area contributed by atoms with Crippen LogP contribution in [0.25, 0.3) is 0 Å². The largest absolute Gasteiger partial charge is 0.384 e. The Morgan fingerprint density at radius 1 is 1.17 bits per heavy atom. The minimum Gasteiger partial charge on any atom is -0.384 e. The lowest BCUT2D eigenvalue weighted by atomic mass is 9.85. The van der Waals surface area contributed by atoms with Crippen molar-refractivity contribution in [2.24, 2.45) is 17.6 Å². The van der Waals surface area contributed by atoms with Crippen LogP contribution in [-0.2, 0) is 5.41 Å². The molecule has 2 nitrogen and oxygen atoms in total. The first-order valence-corrected chi connectivity index (χ1v) is 6.89. The van der Waals surface area contributed by atoms with Crippen LogP contribution in [0.2, 0.25) is 0 Å². The fourth-order valence-electron chi connectivity index (χ4n) is 2.12. The highest BCUT2D eigenvalue weighted by Crippen LogP contribution is 2.29. The molecular formula is C16H28N2. The predicted molar refractivity (Wildman–Crippen MR) is 81.0 cm³/mol. The molecule has 18 heavy (non-hydrogen) atoms. The van der Waals surface area contributed by atoms with Crippen molar-refractivity contribution in [1.29, 1.82) is 0 Å². The van der Waals surface area contributed by atoms with Gasteiger partial charge in [-0.3, -0.25) is 0 Å². The van der Waals surface area contributed by atoms with E-state index < -0.39 is 0 Å². The summed E-state index contributed by atoms with van der Waals surface area (Å²) in [4.78, 5) is 0. The van der Waals surface area contributed by atoms with Crippen molar-refractivity contribution < 1.29 is 0 Å². The smallest absolute Gasteiger partial charge is 0.0378 e. The molecule has 0 fully saturated rings. The van der Waals surface area contributed by atoms with Gasteiger partial charge in [0, 0.05) is 12.2 Å². The topological polar surface area (TPSA) is 38.0 Å². The normalized spacial score (nSPS) is 13.7. The summed E-state index contributed by atoms with van der Waals surface area (Å²) in [5.41, 5.74) is 8.59. The summed E-state index contributed by atoms with van der Waals surface area (Å²) in [6.07, 6.45) is 0. The minimum absolute atomic E-state index is 0.166. The molecule has 0 amide bonds. The van der Waals surface area contributed by atoms with E-state index in [1.165, 1.54) is 11.3 Å². The lowest BCUT2D eigenvalue weighted by Crippen LogP contribution is -2.28. The number of hydrogen-bond donors (Lipinski definition) is 2. The highest BCUT2D eigenvalue weighted by Gasteiger charge is 2.18. The molecule has 1 atom stereocenters. The van der Waals surface area contributed by atoms with Crippen LogP contribution in [0.1, 0.15) is 40.2 Å². The van der Waals surface area contributed by atoms with E-state index in [0.717, 1.165) is 13.1 Å². The third kappa shape index (κ3) is 4.02. The second kappa shape index (κ2) is 6.24. The number of benzene rings is 1. The fourth-order valence-corrected chi connectivity index (χ4v) is 2.12. The average Bonchev–Trinajstić information content (AvgIpc) is 2.28. The highest BCUT2D eigenvalue weighted by molar-refractivity contribution is 5.54. The first-order valence-electron chi connectivity index (χ1n) is 6.89.